The van der Waals surface area contributed by atoms with Crippen LogP contribution in [0.25, 0.3) is 0 Å². The molecule has 4 nitrogen and oxygen atoms in total. The van der Waals surface area contributed by atoms with Crippen LogP contribution in [-0.4, -0.2) is 23.1 Å². The summed E-state index contributed by atoms with van der Waals surface area (Å²) in [6, 6.07) is 0. The molecule has 0 aliphatic heterocycles. The van der Waals surface area contributed by atoms with Crippen molar-refractivity contribution in [3.05, 3.63) is 12.2 Å². The van der Waals surface area contributed by atoms with Gasteiger partial charge in [-0.3, -0.25) is 9.59 Å². The second-order valence-electron chi connectivity index (χ2n) is 14.9. The highest BCUT2D eigenvalue weighted by Gasteiger charge is 2.14. The number of hydrogen-bond acceptors (Lipinski definition) is 3. The molecule has 0 saturated heterocycles. The Balaban J connectivity index is 4.00. The molecule has 0 amide bonds. The first-order valence-corrected chi connectivity index (χ1v) is 21.7. The second-order valence-corrected chi connectivity index (χ2v) is 14.9. The molecular formula is C44H84O4. The molecule has 284 valence electrons. The number of esters is 1. The number of carbonyl (C=O) groups excluding carboxylic acids is 1. The topological polar surface area (TPSA) is 63.6 Å². The molecule has 0 heterocycles. The van der Waals surface area contributed by atoms with Gasteiger partial charge in [0.25, 0.3) is 0 Å². The van der Waals surface area contributed by atoms with Gasteiger partial charge in [-0.25, -0.2) is 0 Å². The van der Waals surface area contributed by atoms with Crippen LogP contribution in [0, 0.1) is 0 Å². The fraction of sp³-hybridized carbons (Fsp3) is 0.909. The van der Waals surface area contributed by atoms with Gasteiger partial charge in [0.2, 0.25) is 0 Å². The van der Waals surface area contributed by atoms with Crippen molar-refractivity contribution in [2.75, 3.05) is 0 Å². The van der Waals surface area contributed by atoms with Crippen LogP contribution in [0.3, 0.4) is 0 Å². The van der Waals surface area contributed by atoms with E-state index in [0.29, 0.717) is 6.42 Å². The molecule has 1 atom stereocenters. The highest BCUT2D eigenvalue weighted by atomic mass is 16.5. The van der Waals surface area contributed by atoms with Gasteiger partial charge in [0.1, 0.15) is 6.10 Å². The summed E-state index contributed by atoms with van der Waals surface area (Å²) in [6.45, 7) is 4.56. The van der Waals surface area contributed by atoms with Gasteiger partial charge in [-0.05, 0) is 64.2 Å². The maximum absolute atomic E-state index is 12.7. The number of aliphatic carboxylic acids is 1. The van der Waals surface area contributed by atoms with Crippen molar-refractivity contribution < 1.29 is 19.4 Å². The van der Waals surface area contributed by atoms with Crippen LogP contribution >= 0.6 is 0 Å². The van der Waals surface area contributed by atoms with E-state index >= 15 is 0 Å². The van der Waals surface area contributed by atoms with Gasteiger partial charge in [-0.2, -0.15) is 0 Å². The third kappa shape index (κ3) is 39.1. The van der Waals surface area contributed by atoms with Crippen LogP contribution < -0.4 is 0 Å². The van der Waals surface area contributed by atoms with E-state index in [1.807, 2.05) is 0 Å². The number of rotatable bonds is 40. The van der Waals surface area contributed by atoms with Gasteiger partial charge in [0, 0.05) is 12.8 Å². The Bertz CT molecular complexity index is 687. The zero-order valence-electron chi connectivity index (χ0n) is 32.6. The van der Waals surface area contributed by atoms with Crippen molar-refractivity contribution in [2.24, 2.45) is 0 Å². The molecule has 0 bridgehead atoms. The van der Waals surface area contributed by atoms with Gasteiger partial charge in [0.05, 0.1) is 0 Å². The van der Waals surface area contributed by atoms with E-state index < -0.39 is 5.97 Å². The van der Waals surface area contributed by atoms with Crippen molar-refractivity contribution in [3.63, 3.8) is 0 Å². The molecule has 1 unspecified atom stereocenters. The van der Waals surface area contributed by atoms with Crippen molar-refractivity contribution in [1.82, 2.24) is 0 Å². The molecule has 48 heavy (non-hydrogen) atoms. The van der Waals surface area contributed by atoms with Gasteiger partial charge in [-0.15, -0.1) is 0 Å². The minimum atomic E-state index is -0.690. The smallest absolute Gasteiger partial charge is 0.306 e. The average Bonchev–Trinajstić information content (AvgIpc) is 3.07. The Labute approximate surface area is 300 Å². The predicted octanol–water partition coefficient (Wildman–Crippen LogP) is 15.0. The number of carboxylic acids is 1. The summed E-state index contributed by atoms with van der Waals surface area (Å²) in [5.41, 5.74) is 0. The summed E-state index contributed by atoms with van der Waals surface area (Å²) in [7, 11) is 0. The van der Waals surface area contributed by atoms with E-state index in [4.69, 9.17) is 9.84 Å². The number of allylic oxidation sites excluding steroid dienone is 2. The fourth-order valence-electron chi connectivity index (χ4n) is 6.77. The average molecular weight is 677 g/mol. The molecule has 0 radical (unpaired) electrons. The first kappa shape index (κ1) is 46.7. The molecule has 0 spiro atoms. The van der Waals surface area contributed by atoms with Crippen molar-refractivity contribution in [3.8, 4) is 0 Å². The number of carbonyl (C=O) groups is 2. The summed E-state index contributed by atoms with van der Waals surface area (Å²) in [5.74, 6) is -0.675. The van der Waals surface area contributed by atoms with Gasteiger partial charge in [0.15, 0.2) is 0 Å². The summed E-state index contributed by atoms with van der Waals surface area (Å²) in [4.78, 5) is 23.4. The predicted molar refractivity (Wildman–Crippen MR) is 209 cm³/mol. The van der Waals surface area contributed by atoms with E-state index in [9.17, 15) is 9.59 Å². The van der Waals surface area contributed by atoms with E-state index in [-0.39, 0.29) is 18.5 Å². The normalized spacial score (nSPS) is 12.2. The molecule has 1 N–H and O–H groups in total. The Morgan fingerprint density at radius 1 is 0.438 bits per heavy atom. The van der Waals surface area contributed by atoms with Crippen LogP contribution in [0.2, 0.25) is 0 Å². The third-order valence-corrected chi connectivity index (χ3v) is 9.99. The summed E-state index contributed by atoms with van der Waals surface area (Å²) >= 11 is 0. The van der Waals surface area contributed by atoms with Gasteiger partial charge >= 0.3 is 11.9 Å². The number of ether oxygens (including phenoxy) is 1. The summed E-state index contributed by atoms with van der Waals surface area (Å²) < 4.78 is 6.04. The second kappa shape index (κ2) is 40.1. The van der Waals surface area contributed by atoms with E-state index in [1.54, 1.807) is 0 Å². The molecule has 0 aromatic carbocycles. The zero-order chi connectivity index (χ0) is 35.0. The molecule has 0 aromatic rings. The standard InChI is InChI=1S/C44H84O4/c1-3-5-7-9-11-13-15-17-18-19-20-21-23-25-27-33-37-41-44(47)48-42(39-35-31-28-29-32-36-40-43(45)46)38-34-30-26-24-22-16-14-12-10-8-6-4-2/h17-18,42H,3-16,19-41H2,1-2H3,(H,45,46)/b18-17-. The lowest BCUT2D eigenvalue weighted by Crippen LogP contribution is -2.18. The first-order chi connectivity index (χ1) is 23.6. The van der Waals surface area contributed by atoms with Crippen LogP contribution in [0.5, 0.6) is 0 Å². The molecule has 0 aromatic heterocycles. The van der Waals surface area contributed by atoms with Crippen molar-refractivity contribution >= 4 is 11.9 Å². The minimum Gasteiger partial charge on any atom is -0.481 e. The Kier molecular flexibility index (Phi) is 39.0. The number of carboxylic acid groups (broad SMARTS) is 1. The Hall–Kier alpha value is -1.32. The van der Waals surface area contributed by atoms with Crippen LogP contribution in [0.4, 0.5) is 0 Å². The maximum Gasteiger partial charge on any atom is 0.306 e. The third-order valence-electron chi connectivity index (χ3n) is 9.99. The van der Waals surface area contributed by atoms with E-state index in [2.05, 4.69) is 26.0 Å². The molecule has 0 saturated carbocycles. The van der Waals surface area contributed by atoms with Crippen LogP contribution in [0.15, 0.2) is 12.2 Å². The number of hydrogen-bond donors (Lipinski definition) is 1. The maximum atomic E-state index is 12.7. The van der Waals surface area contributed by atoms with Gasteiger partial charge in [-0.1, -0.05) is 187 Å². The highest BCUT2D eigenvalue weighted by molar-refractivity contribution is 5.69. The SMILES string of the molecule is CCCCCCCC/C=C\CCCCCCCCCC(=O)OC(CCCCCCCCCCCCCC)CCCCCCCCC(=O)O. The minimum absolute atomic E-state index is 0.0142. The lowest BCUT2D eigenvalue weighted by molar-refractivity contribution is -0.150. The van der Waals surface area contributed by atoms with E-state index in [0.717, 1.165) is 64.2 Å². The molecule has 0 rings (SSSR count). The lowest BCUT2D eigenvalue weighted by atomic mass is 10.0. The Morgan fingerprint density at radius 3 is 1.12 bits per heavy atom. The van der Waals surface area contributed by atoms with Crippen molar-refractivity contribution in [2.45, 2.75) is 258 Å². The Morgan fingerprint density at radius 2 is 0.750 bits per heavy atom. The van der Waals surface area contributed by atoms with E-state index in [1.165, 1.54) is 161 Å². The van der Waals surface area contributed by atoms with Gasteiger partial charge < -0.3 is 9.84 Å². The number of unbranched alkanes of at least 4 members (excludes halogenated alkanes) is 29. The molecule has 4 heteroatoms. The van der Waals surface area contributed by atoms with Crippen LogP contribution in [0.1, 0.15) is 251 Å². The quantitative estimate of drug-likeness (QED) is 0.0398. The monoisotopic (exact) mass is 677 g/mol. The molecule has 0 aliphatic carbocycles. The van der Waals surface area contributed by atoms with Crippen LogP contribution in [-0.2, 0) is 14.3 Å². The summed E-state index contributed by atoms with van der Waals surface area (Å²) in [6.07, 6.45) is 49.5. The largest absolute Gasteiger partial charge is 0.481 e. The first-order valence-electron chi connectivity index (χ1n) is 21.7. The molecule has 0 fully saturated rings. The molecular weight excluding hydrogens is 592 g/mol. The zero-order valence-corrected chi connectivity index (χ0v) is 32.6. The molecule has 0 aliphatic rings. The fourth-order valence-corrected chi connectivity index (χ4v) is 6.77. The highest BCUT2D eigenvalue weighted by Crippen LogP contribution is 2.19. The lowest BCUT2D eigenvalue weighted by Gasteiger charge is -2.18. The summed E-state index contributed by atoms with van der Waals surface area (Å²) in [5, 5.41) is 8.80. The van der Waals surface area contributed by atoms with Crippen molar-refractivity contribution in [1.29, 1.82) is 0 Å².